The maximum Gasteiger partial charge on any atom is 0.137 e. The SMILES string of the molecule is Cc1ccc(C(Cn2cncn2)c2ccc(F)cc2)c(Cl)c1. The van der Waals surface area contributed by atoms with Gasteiger partial charge >= 0.3 is 0 Å². The highest BCUT2D eigenvalue weighted by molar-refractivity contribution is 6.31. The second-order valence-corrected chi connectivity index (χ2v) is 5.65. The highest BCUT2D eigenvalue weighted by Gasteiger charge is 2.18. The lowest BCUT2D eigenvalue weighted by Gasteiger charge is -2.19. The van der Waals surface area contributed by atoms with Crippen LogP contribution in [0.1, 0.15) is 22.6 Å². The largest absolute Gasteiger partial charge is 0.252 e. The van der Waals surface area contributed by atoms with Gasteiger partial charge in [0, 0.05) is 10.9 Å². The quantitative estimate of drug-likeness (QED) is 0.722. The summed E-state index contributed by atoms with van der Waals surface area (Å²) in [6.45, 7) is 2.59. The third kappa shape index (κ3) is 3.17. The van der Waals surface area contributed by atoms with Crippen molar-refractivity contribution >= 4 is 11.6 Å². The van der Waals surface area contributed by atoms with Crippen LogP contribution in [0.15, 0.2) is 55.1 Å². The molecule has 0 saturated heterocycles. The van der Waals surface area contributed by atoms with E-state index in [1.807, 2.05) is 25.1 Å². The minimum absolute atomic E-state index is 0.0181. The molecular weight excluding hydrogens is 301 g/mol. The fourth-order valence-electron chi connectivity index (χ4n) is 2.51. The monoisotopic (exact) mass is 315 g/mol. The van der Waals surface area contributed by atoms with Gasteiger partial charge in [-0.3, -0.25) is 4.68 Å². The summed E-state index contributed by atoms with van der Waals surface area (Å²) in [5.41, 5.74) is 3.09. The zero-order chi connectivity index (χ0) is 15.5. The average Bonchev–Trinajstić information content (AvgIpc) is 2.99. The van der Waals surface area contributed by atoms with Crippen LogP contribution in [0.2, 0.25) is 5.02 Å². The number of halogens is 2. The van der Waals surface area contributed by atoms with Crippen molar-refractivity contribution in [1.29, 1.82) is 0 Å². The number of aromatic nitrogens is 3. The topological polar surface area (TPSA) is 30.7 Å². The first kappa shape index (κ1) is 14.7. The summed E-state index contributed by atoms with van der Waals surface area (Å²) in [6, 6.07) is 12.5. The van der Waals surface area contributed by atoms with Crippen molar-refractivity contribution in [3.05, 3.63) is 82.6 Å². The summed E-state index contributed by atoms with van der Waals surface area (Å²) >= 11 is 6.43. The first-order valence-electron chi connectivity index (χ1n) is 6.97. The molecule has 22 heavy (non-hydrogen) atoms. The van der Waals surface area contributed by atoms with Crippen molar-refractivity contribution in [2.45, 2.75) is 19.4 Å². The molecule has 0 bridgehead atoms. The molecule has 0 aliphatic rings. The van der Waals surface area contributed by atoms with Gasteiger partial charge in [-0.15, -0.1) is 0 Å². The number of benzene rings is 2. The molecule has 0 radical (unpaired) electrons. The van der Waals surface area contributed by atoms with Crippen molar-refractivity contribution in [2.24, 2.45) is 0 Å². The molecule has 112 valence electrons. The van der Waals surface area contributed by atoms with Crippen molar-refractivity contribution in [2.75, 3.05) is 0 Å². The zero-order valence-corrected chi connectivity index (χ0v) is 12.8. The maximum absolute atomic E-state index is 13.2. The van der Waals surface area contributed by atoms with Gasteiger partial charge in [-0.1, -0.05) is 35.9 Å². The van der Waals surface area contributed by atoms with Gasteiger partial charge in [0.2, 0.25) is 0 Å². The van der Waals surface area contributed by atoms with Crippen molar-refractivity contribution < 1.29 is 4.39 Å². The lowest BCUT2D eigenvalue weighted by atomic mass is 9.90. The van der Waals surface area contributed by atoms with Crippen LogP contribution in [0.4, 0.5) is 4.39 Å². The van der Waals surface area contributed by atoms with Gasteiger partial charge in [-0.05, 0) is 41.8 Å². The summed E-state index contributed by atoms with van der Waals surface area (Å²) in [5.74, 6) is -0.270. The predicted octanol–water partition coefficient (Wildman–Crippen LogP) is 4.21. The number of hydrogen-bond donors (Lipinski definition) is 0. The molecule has 0 aliphatic carbocycles. The maximum atomic E-state index is 13.2. The summed E-state index contributed by atoms with van der Waals surface area (Å²) in [5, 5.41) is 4.86. The average molecular weight is 316 g/mol. The highest BCUT2D eigenvalue weighted by atomic mass is 35.5. The van der Waals surface area contributed by atoms with E-state index in [0.29, 0.717) is 11.6 Å². The highest BCUT2D eigenvalue weighted by Crippen LogP contribution is 2.32. The Labute approximate surface area is 133 Å². The lowest BCUT2D eigenvalue weighted by molar-refractivity contribution is 0.560. The molecule has 0 spiro atoms. The van der Waals surface area contributed by atoms with E-state index in [0.717, 1.165) is 16.7 Å². The van der Waals surface area contributed by atoms with Crippen LogP contribution < -0.4 is 0 Å². The number of rotatable bonds is 4. The van der Waals surface area contributed by atoms with E-state index in [1.54, 1.807) is 23.1 Å². The second-order valence-electron chi connectivity index (χ2n) is 5.25. The van der Waals surface area contributed by atoms with Gasteiger partial charge in [0.25, 0.3) is 0 Å². The van der Waals surface area contributed by atoms with Gasteiger partial charge in [0.15, 0.2) is 0 Å². The molecule has 2 aromatic carbocycles. The Bertz CT molecular complexity index is 754. The number of hydrogen-bond acceptors (Lipinski definition) is 2. The van der Waals surface area contributed by atoms with Gasteiger partial charge in [-0.2, -0.15) is 5.10 Å². The minimum Gasteiger partial charge on any atom is -0.252 e. The van der Waals surface area contributed by atoms with E-state index >= 15 is 0 Å². The van der Waals surface area contributed by atoms with E-state index in [1.165, 1.54) is 18.5 Å². The van der Waals surface area contributed by atoms with Crippen LogP contribution in [0.5, 0.6) is 0 Å². The third-order valence-electron chi connectivity index (χ3n) is 3.64. The molecule has 0 N–H and O–H groups in total. The molecule has 1 heterocycles. The molecule has 1 unspecified atom stereocenters. The molecule has 0 amide bonds. The van der Waals surface area contributed by atoms with Crippen molar-refractivity contribution in [3.63, 3.8) is 0 Å². The Morgan fingerprint density at radius 3 is 2.59 bits per heavy atom. The number of aryl methyl sites for hydroxylation is 1. The Hall–Kier alpha value is -2.20. The molecule has 3 rings (SSSR count). The zero-order valence-electron chi connectivity index (χ0n) is 12.1. The van der Waals surface area contributed by atoms with Crippen LogP contribution >= 0.6 is 11.6 Å². The lowest BCUT2D eigenvalue weighted by Crippen LogP contribution is -2.12. The van der Waals surface area contributed by atoms with Crippen LogP contribution in [-0.2, 0) is 6.54 Å². The molecular formula is C17H15ClFN3. The fraction of sp³-hybridized carbons (Fsp3) is 0.176. The van der Waals surface area contributed by atoms with Gasteiger partial charge in [-0.25, -0.2) is 9.37 Å². The van der Waals surface area contributed by atoms with Crippen LogP contribution in [0.3, 0.4) is 0 Å². The molecule has 5 heteroatoms. The third-order valence-corrected chi connectivity index (χ3v) is 3.97. The second kappa shape index (κ2) is 6.28. The van der Waals surface area contributed by atoms with Crippen molar-refractivity contribution in [1.82, 2.24) is 14.8 Å². The van der Waals surface area contributed by atoms with E-state index in [4.69, 9.17) is 11.6 Å². The fourth-order valence-corrected chi connectivity index (χ4v) is 2.87. The van der Waals surface area contributed by atoms with Gasteiger partial charge < -0.3 is 0 Å². The molecule has 1 aromatic heterocycles. The summed E-state index contributed by atoms with van der Waals surface area (Å²) in [7, 11) is 0. The molecule has 0 fully saturated rings. The van der Waals surface area contributed by atoms with E-state index < -0.39 is 0 Å². The van der Waals surface area contributed by atoms with Crippen LogP contribution in [-0.4, -0.2) is 14.8 Å². The van der Waals surface area contributed by atoms with Crippen LogP contribution in [0.25, 0.3) is 0 Å². The smallest absolute Gasteiger partial charge is 0.137 e. The molecule has 0 aliphatic heterocycles. The molecule has 1 atom stereocenters. The van der Waals surface area contributed by atoms with E-state index in [9.17, 15) is 4.39 Å². The normalized spacial score (nSPS) is 12.3. The molecule has 0 saturated carbocycles. The van der Waals surface area contributed by atoms with Gasteiger partial charge in [0.05, 0.1) is 6.54 Å². The standard InChI is InChI=1S/C17H15ClFN3/c1-12-2-7-15(17(18)8-12)16(9-22-11-20-10-21-22)13-3-5-14(19)6-4-13/h2-8,10-11,16H,9H2,1H3. The van der Waals surface area contributed by atoms with Crippen LogP contribution in [0, 0.1) is 12.7 Å². The number of nitrogens with zero attached hydrogens (tertiary/aromatic N) is 3. The first-order valence-corrected chi connectivity index (χ1v) is 7.35. The molecule has 3 aromatic rings. The Morgan fingerprint density at radius 1 is 1.18 bits per heavy atom. The predicted molar refractivity (Wildman–Crippen MR) is 84.5 cm³/mol. The minimum atomic E-state index is -0.252. The van der Waals surface area contributed by atoms with E-state index in [-0.39, 0.29) is 11.7 Å². The van der Waals surface area contributed by atoms with Crippen molar-refractivity contribution in [3.8, 4) is 0 Å². The summed E-state index contributed by atoms with van der Waals surface area (Å²) in [4.78, 5) is 3.97. The van der Waals surface area contributed by atoms with E-state index in [2.05, 4.69) is 10.1 Å². The molecule has 3 nitrogen and oxygen atoms in total. The first-order chi connectivity index (χ1) is 10.6. The van der Waals surface area contributed by atoms with Gasteiger partial charge in [0.1, 0.15) is 18.5 Å². The Kier molecular flexibility index (Phi) is 4.20. The summed E-state index contributed by atoms with van der Waals surface area (Å²) in [6.07, 6.45) is 3.16. The Morgan fingerprint density at radius 2 is 1.95 bits per heavy atom. The summed E-state index contributed by atoms with van der Waals surface area (Å²) < 4.78 is 15.0. The Balaban J connectivity index is 2.03.